The summed E-state index contributed by atoms with van der Waals surface area (Å²) in [5.41, 5.74) is 1.06. The molecule has 1 fully saturated rings. The number of rotatable bonds is 5. The molecule has 0 unspecified atom stereocenters. The standard InChI is InChI=1S/C15H17BrN8O/c1-24-2-3-25-11(9-24)7-19-12-4-13(22-23-15(12)16)21-14-8-18-10(5-17)6-20-14/h4,6,8,11H,2-3,7,9H2,1H3,(H2,19,20,21,22)/t11-/m1/s1. The summed E-state index contributed by atoms with van der Waals surface area (Å²) in [6, 6.07) is 3.75. The van der Waals surface area contributed by atoms with Gasteiger partial charge in [-0.2, -0.15) is 5.26 Å². The monoisotopic (exact) mass is 404 g/mol. The SMILES string of the molecule is CN1CCO[C@H](CNc2cc(Nc3cnc(C#N)cn3)nnc2Br)C1. The van der Waals surface area contributed by atoms with Crippen LogP contribution in [0.3, 0.4) is 0 Å². The van der Waals surface area contributed by atoms with Crippen LogP contribution < -0.4 is 10.6 Å². The van der Waals surface area contributed by atoms with Crippen LogP contribution >= 0.6 is 15.9 Å². The lowest BCUT2D eigenvalue weighted by atomic mass is 10.2. The van der Waals surface area contributed by atoms with Gasteiger partial charge in [0.05, 0.1) is 30.8 Å². The minimum atomic E-state index is 0.125. The van der Waals surface area contributed by atoms with Crippen LogP contribution in [0, 0.1) is 11.3 Å². The molecular formula is C15H17BrN8O. The lowest BCUT2D eigenvalue weighted by Crippen LogP contribution is -2.43. The van der Waals surface area contributed by atoms with Crippen LogP contribution in [0.25, 0.3) is 0 Å². The van der Waals surface area contributed by atoms with E-state index >= 15 is 0 Å². The van der Waals surface area contributed by atoms with Gasteiger partial charge in [-0.1, -0.05) is 0 Å². The van der Waals surface area contributed by atoms with Crippen molar-refractivity contribution in [3.63, 3.8) is 0 Å². The number of anilines is 3. The van der Waals surface area contributed by atoms with Gasteiger partial charge in [-0.3, -0.25) is 0 Å². The summed E-state index contributed by atoms with van der Waals surface area (Å²) in [5, 5.41) is 23.2. The van der Waals surface area contributed by atoms with Crippen LogP contribution in [0.15, 0.2) is 23.1 Å². The van der Waals surface area contributed by atoms with Crippen molar-refractivity contribution in [2.75, 3.05) is 43.9 Å². The predicted octanol–water partition coefficient (Wildman–Crippen LogP) is 1.39. The van der Waals surface area contributed by atoms with Crippen LogP contribution in [0.2, 0.25) is 0 Å². The summed E-state index contributed by atoms with van der Waals surface area (Å²) < 4.78 is 6.36. The highest BCUT2D eigenvalue weighted by molar-refractivity contribution is 9.10. The Balaban J connectivity index is 1.64. The molecule has 0 saturated carbocycles. The van der Waals surface area contributed by atoms with Gasteiger partial charge >= 0.3 is 0 Å². The number of morpholine rings is 1. The van der Waals surface area contributed by atoms with Crippen LogP contribution in [0.4, 0.5) is 17.3 Å². The Morgan fingerprint density at radius 1 is 1.36 bits per heavy atom. The first-order chi connectivity index (χ1) is 12.1. The van der Waals surface area contributed by atoms with Gasteiger partial charge in [0, 0.05) is 25.7 Å². The number of ether oxygens (including phenoxy) is 1. The topological polar surface area (TPSA) is 112 Å². The normalized spacial score (nSPS) is 17.7. The van der Waals surface area contributed by atoms with Crippen molar-refractivity contribution in [1.29, 1.82) is 5.26 Å². The second-order valence-electron chi connectivity index (χ2n) is 5.59. The molecule has 0 aliphatic carbocycles. The molecule has 0 radical (unpaired) electrons. The zero-order valence-corrected chi connectivity index (χ0v) is 15.2. The second-order valence-corrected chi connectivity index (χ2v) is 6.34. The Labute approximate surface area is 153 Å². The van der Waals surface area contributed by atoms with Gasteiger partial charge in [-0.05, 0) is 23.0 Å². The van der Waals surface area contributed by atoms with Crippen molar-refractivity contribution >= 4 is 33.3 Å². The Kier molecular flexibility index (Phi) is 5.70. The second kappa shape index (κ2) is 8.15. The minimum Gasteiger partial charge on any atom is -0.380 e. The minimum absolute atomic E-state index is 0.125. The number of likely N-dealkylation sites (N-methyl/N-ethyl adjacent to an activating group) is 1. The van der Waals surface area contributed by atoms with E-state index in [0.717, 1.165) is 25.4 Å². The molecule has 1 atom stereocenters. The summed E-state index contributed by atoms with van der Waals surface area (Å²) in [5.74, 6) is 1.00. The number of nitriles is 1. The van der Waals surface area contributed by atoms with E-state index in [1.807, 2.05) is 12.1 Å². The molecule has 3 heterocycles. The third-order valence-electron chi connectivity index (χ3n) is 3.63. The largest absolute Gasteiger partial charge is 0.380 e. The van der Waals surface area contributed by atoms with E-state index in [-0.39, 0.29) is 11.8 Å². The molecule has 3 rings (SSSR count). The molecule has 2 N–H and O–H groups in total. The zero-order chi connectivity index (χ0) is 17.6. The van der Waals surface area contributed by atoms with Gasteiger partial charge in [0.25, 0.3) is 0 Å². The van der Waals surface area contributed by atoms with Gasteiger partial charge in [0.2, 0.25) is 0 Å². The van der Waals surface area contributed by atoms with Crippen LogP contribution in [-0.2, 0) is 4.74 Å². The van der Waals surface area contributed by atoms with Crippen molar-refractivity contribution in [2.45, 2.75) is 6.10 Å². The molecule has 130 valence electrons. The average Bonchev–Trinajstić information content (AvgIpc) is 2.63. The van der Waals surface area contributed by atoms with E-state index in [9.17, 15) is 0 Å². The van der Waals surface area contributed by atoms with Crippen molar-refractivity contribution in [1.82, 2.24) is 25.1 Å². The highest BCUT2D eigenvalue weighted by atomic mass is 79.9. The van der Waals surface area contributed by atoms with Crippen molar-refractivity contribution < 1.29 is 4.74 Å². The fourth-order valence-electron chi connectivity index (χ4n) is 2.36. The molecule has 1 aliphatic heterocycles. The molecule has 0 aromatic carbocycles. The molecule has 0 spiro atoms. The van der Waals surface area contributed by atoms with E-state index in [1.165, 1.54) is 12.4 Å². The number of nitrogens with zero attached hydrogens (tertiary/aromatic N) is 6. The number of hydrogen-bond acceptors (Lipinski definition) is 9. The lowest BCUT2D eigenvalue weighted by molar-refractivity contribution is -0.0117. The van der Waals surface area contributed by atoms with Gasteiger partial charge < -0.3 is 20.3 Å². The smallest absolute Gasteiger partial charge is 0.158 e. The van der Waals surface area contributed by atoms with Crippen LogP contribution in [-0.4, -0.2) is 64.5 Å². The lowest BCUT2D eigenvalue weighted by Gasteiger charge is -2.30. The number of hydrogen-bond donors (Lipinski definition) is 2. The Morgan fingerprint density at radius 3 is 2.96 bits per heavy atom. The molecule has 1 saturated heterocycles. The first-order valence-electron chi connectivity index (χ1n) is 7.70. The van der Waals surface area contributed by atoms with E-state index in [4.69, 9.17) is 10.00 Å². The molecule has 0 amide bonds. The van der Waals surface area contributed by atoms with E-state index in [2.05, 4.69) is 58.7 Å². The maximum absolute atomic E-state index is 8.75. The molecule has 9 nitrogen and oxygen atoms in total. The summed E-state index contributed by atoms with van der Waals surface area (Å²) in [7, 11) is 2.08. The van der Waals surface area contributed by atoms with Crippen molar-refractivity contribution in [2.24, 2.45) is 0 Å². The fourth-order valence-corrected chi connectivity index (χ4v) is 2.69. The quantitative estimate of drug-likeness (QED) is 0.762. The Hall–Kier alpha value is -2.35. The predicted molar refractivity (Wildman–Crippen MR) is 95.5 cm³/mol. The van der Waals surface area contributed by atoms with Crippen LogP contribution in [0.1, 0.15) is 5.69 Å². The number of nitrogens with one attached hydrogen (secondary N) is 2. The van der Waals surface area contributed by atoms with Crippen molar-refractivity contribution in [3.8, 4) is 6.07 Å². The third kappa shape index (κ3) is 4.82. The maximum Gasteiger partial charge on any atom is 0.158 e. The number of aromatic nitrogens is 4. The zero-order valence-electron chi connectivity index (χ0n) is 13.6. The molecule has 10 heteroatoms. The summed E-state index contributed by atoms with van der Waals surface area (Å²) in [6.45, 7) is 3.25. The molecule has 1 aliphatic rings. The molecule has 0 bridgehead atoms. The average molecular weight is 405 g/mol. The Bertz CT molecular complexity index is 763. The summed E-state index contributed by atoms with van der Waals surface area (Å²) in [4.78, 5) is 10.3. The van der Waals surface area contributed by atoms with Gasteiger partial charge in [0.1, 0.15) is 11.9 Å². The van der Waals surface area contributed by atoms with Crippen molar-refractivity contribution in [3.05, 3.63) is 28.8 Å². The van der Waals surface area contributed by atoms with Gasteiger partial charge in [-0.25, -0.2) is 9.97 Å². The first kappa shape index (κ1) is 17.5. The first-order valence-corrected chi connectivity index (χ1v) is 8.50. The third-order valence-corrected chi connectivity index (χ3v) is 4.22. The number of halogens is 1. The molecule has 2 aromatic heterocycles. The van der Waals surface area contributed by atoms with E-state index in [0.29, 0.717) is 22.8 Å². The Morgan fingerprint density at radius 2 is 2.24 bits per heavy atom. The molecule has 25 heavy (non-hydrogen) atoms. The molecule has 2 aromatic rings. The van der Waals surface area contributed by atoms with E-state index in [1.54, 1.807) is 0 Å². The van der Waals surface area contributed by atoms with E-state index < -0.39 is 0 Å². The maximum atomic E-state index is 8.75. The van der Waals surface area contributed by atoms with Crippen LogP contribution in [0.5, 0.6) is 0 Å². The molecular weight excluding hydrogens is 388 g/mol. The fraction of sp³-hybridized carbons (Fsp3) is 0.400. The highest BCUT2D eigenvalue weighted by Gasteiger charge is 2.18. The van der Waals surface area contributed by atoms with Gasteiger partial charge in [0.15, 0.2) is 16.1 Å². The summed E-state index contributed by atoms with van der Waals surface area (Å²) in [6.07, 6.45) is 2.99. The van der Waals surface area contributed by atoms with Gasteiger partial charge in [-0.15, -0.1) is 10.2 Å². The highest BCUT2D eigenvalue weighted by Crippen LogP contribution is 2.23. The summed E-state index contributed by atoms with van der Waals surface area (Å²) >= 11 is 3.39.